The predicted molar refractivity (Wildman–Crippen MR) is 191 cm³/mol. The number of ether oxygens (including phenoxy) is 3. The lowest BCUT2D eigenvalue weighted by Crippen LogP contribution is -2.37. The van der Waals surface area contributed by atoms with Gasteiger partial charge in [-0.2, -0.15) is 0 Å². The summed E-state index contributed by atoms with van der Waals surface area (Å²) in [6.07, 6.45) is 4.65. The lowest BCUT2D eigenvalue weighted by atomic mass is 9.77. The molecule has 9 rings (SSSR count). The summed E-state index contributed by atoms with van der Waals surface area (Å²) in [4.78, 5) is 4.81. The van der Waals surface area contributed by atoms with Crippen molar-refractivity contribution in [3.8, 4) is 16.9 Å². The molecule has 0 unspecified atom stereocenters. The van der Waals surface area contributed by atoms with Crippen LogP contribution >= 0.6 is 0 Å². The highest BCUT2D eigenvalue weighted by molar-refractivity contribution is 6.08. The standard InChI is InChI=1S/C42H40N2O3/c1-41(2)37-10-6-5-9-35(37)38-33-7-3-4-8-34(33)40-36(39(38)41)19-20-42(47-40,29-11-15-31(16-12-29)43-21-25-45-26-22-43)30-13-17-32(18-14-30)44-23-27-46-28-24-44/h3-20H,21-28H2,1-2H3. The third kappa shape index (κ3) is 4.44. The second-order valence-corrected chi connectivity index (χ2v) is 13.7. The normalized spacial score (nSPS) is 19.2. The Morgan fingerprint density at radius 2 is 1.13 bits per heavy atom. The fraction of sp³-hybridized carbons (Fsp3) is 0.286. The van der Waals surface area contributed by atoms with Gasteiger partial charge in [0.1, 0.15) is 5.75 Å². The number of hydrogen-bond donors (Lipinski definition) is 0. The number of anilines is 2. The van der Waals surface area contributed by atoms with Gasteiger partial charge in [0.05, 0.1) is 26.4 Å². The zero-order chi connectivity index (χ0) is 31.6. The highest BCUT2D eigenvalue weighted by Gasteiger charge is 2.44. The maximum absolute atomic E-state index is 7.54. The molecular formula is C42H40N2O3. The van der Waals surface area contributed by atoms with Crippen molar-refractivity contribution in [3.63, 3.8) is 0 Å². The molecule has 0 spiro atoms. The van der Waals surface area contributed by atoms with Gasteiger partial charge in [0.2, 0.25) is 0 Å². The van der Waals surface area contributed by atoms with E-state index >= 15 is 0 Å². The van der Waals surface area contributed by atoms with Crippen molar-refractivity contribution < 1.29 is 14.2 Å². The van der Waals surface area contributed by atoms with Crippen LogP contribution in [0.2, 0.25) is 0 Å². The molecule has 3 heterocycles. The molecule has 0 bridgehead atoms. The van der Waals surface area contributed by atoms with Crippen molar-refractivity contribution in [1.29, 1.82) is 0 Å². The molecule has 5 aromatic rings. The van der Waals surface area contributed by atoms with Crippen molar-refractivity contribution in [2.75, 3.05) is 62.4 Å². The van der Waals surface area contributed by atoms with Crippen LogP contribution in [0.5, 0.6) is 5.75 Å². The first-order chi connectivity index (χ1) is 23.0. The number of benzene rings is 5. The van der Waals surface area contributed by atoms with E-state index in [4.69, 9.17) is 14.2 Å². The minimum absolute atomic E-state index is 0.159. The Hall–Kier alpha value is -4.58. The van der Waals surface area contributed by atoms with Gasteiger partial charge in [0.25, 0.3) is 0 Å². The molecule has 0 saturated carbocycles. The highest BCUT2D eigenvalue weighted by Crippen LogP contribution is 2.58. The van der Waals surface area contributed by atoms with E-state index in [9.17, 15) is 0 Å². The van der Waals surface area contributed by atoms with Gasteiger partial charge < -0.3 is 24.0 Å². The second kappa shape index (κ2) is 11.0. The SMILES string of the molecule is CC1(C)c2ccccc2-c2c1c1c(c3ccccc23)OC(c2ccc(N3CCOCC3)cc2)(c2ccc(N3CCOCC3)cc2)C=C1. The molecular weight excluding hydrogens is 580 g/mol. The highest BCUT2D eigenvalue weighted by atomic mass is 16.5. The van der Waals surface area contributed by atoms with E-state index < -0.39 is 5.60 Å². The molecule has 0 aromatic heterocycles. The van der Waals surface area contributed by atoms with Crippen molar-refractivity contribution in [1.82, 2.24) is 0 Å². The number of hydrogen-bond acceptors (Lipinski definition) is 5. The van der Waals surface area contributed by atoms with Gasteiger partial charge in [-0.3, -0.25) is 0 Å². The Kier molecular flexibility index (Phi) is 6.70. The minimum atomic E-state index is -0.799. The smallest absolute Gasteiger partial charge is 0.178 e. The molecule has 5 heteroatoms. The van der Waals surface area contributed by atoms with Crippen LogP contribution < -0.4 is 14.5 Å². The van der Waals surface area contributed by atoms with Gasteiger partial charge in [0.15, 0.2) is 5.60 Å². The van der Waals surface area contributed by atoms with Crippen LogP contribution in [-0.2, 0) is 20.5 Å². The van der Waals surface area contributed by atoms with Crippen molar-refractivity contribution in [3.05, 3.63) is 131 Å². The summed E-state index contributed by atoms with van der Waals surface area (Å²) in [5, 5.41) is 2.39. The first kappa shape index (κ1) is 28.6. The molecule has 2 saturated heterocycles. The van der Waals surface area contributed by atoms with Crippen LogP contribution in [0.3, 0.4) is 0 Å². The van der Waals surface area contributed by atoms with Gasteiger partial charge in [-0.05, 0) is 58.0 Å². The van der Waals surface area contributed by atoms with E-state index in [2.05, 4.69) is 133 Å². The van der Waals surface area contributed by atoms with Crippen LogP contribution in [0.4, 0.5) is 11.4 Å². The molecule has 4 aliphatic rings. The fourth-order valence-electron chi connectivity index (χ4n) is 8.36. The molecule has 5 aromatic carbocycles. The Morgan fingerprint density at radius 3 is 1.72 bits per heavy atom. The van der Waals surface area contributed by atoms with Crippen LogP contribution in [0, 0.1) is 0 Å². The summed E-state index contributed by atoms with van der Waals surface area (Å²) >= 11 is 0. The maximum Gasteiger partial charge on any atom is 0.178 e. The summed E-state index contributed by atoms with van der Waals surface area (Å²) < 4.78 is 18.8. The summed E-state index contributed by atoms with van der Waals surface area (Å²) in [7, 11) is 0. The molecule has 5 nitrogen and oxygen atoms in total. The second-order valence-electron chi connectivity index (χ2n) is 13.7. The Balaban J connectivity index is 1.22. The molecule has 47 heavy (non-hydrogen) atoms. The quantitative estimate of drug-likeness (QED) is 0.203. The maximum atomic E-state index is 7.54. The molecule has 3 aliphatic heterocycles. The van der Waals surface area contributed by atoms with E-state index in [-0.39, 0.29) is 5.41 Å². The van der Waals surface area contributed by atoms with Gasteiger partial charge in [-0.1, -0.05) is 92.7 Å². The van der Waals surface area contributed by atoms with E-state index in [1.54, 1.807) is 0 Å². The summed E-state index contributed by atoms with van der Waals surface area (Å²) in [6.45, 7) is 11.4. The number of rotatable bonds is 4. The molecule has 0 amide bonds. The average Bonchev–Trinajstić information content (AvgIpc) is 3.39. The topological polar surface area (TPSA) is 34.2 Å². The lowest BCUT2D eigenvalue weighted by molar-refractivity contribution is 0.122. The van der Waals surface area contributed by atoms with E-state index in [0.29, 0.717) is 0 Å². The Morgan fingerprint density at radius 1 is 0.596 bits per heavy atom. The lowest BCUT2D eigenvalue weighted by Gasteiger charge is -2.39. The summed E-state index contributed by atoms with van der Waals surface area (Å²) in [5.41, 5.74) is 10.3. The van der Waals surface area contributed by atoms with Gasteiger partial charge in [0, 0.05) is 65.0 Å². The largest absolute Gasteiger partial charge is 0.472 e. The number of morpholine rings is 2. The van der Waals surface area contributed by atoms with Crippen LogP contribution in [-0.4, -0.2) is 52.6 Å². The summed E-state index contributed by atoms with van der Waals surface area (Å²) in [5.74, 6) is 0.956. The third-order valence-corrected chi connectivity index (χ3v) is 10.8. The Labute approximate surface area is 277 Å². The van der Waals surface area contributed by atoms with Gasteiger partial charge >= 0.3 is 0 Å². The Bertz CT molecular complexity index is 1940. The molecule has 236 valence electrons. The number of fused-ring (bicyclic) bond motifs is 8. The van der Waals surface area contributed by atoms with E-state index in [1.165, 1.54) is 44.6 Å². The summed E-state index contributed by atoms with van der Waals surface area (Å²) in [6, 6.07) is 35.7. The van der Waals surface area contributed by atoms with Gasteiger partial charge in [-0.15, -0.1) is 0 Å². The molecule has 2 fully saturated rings. The van der Waals surface area contributed by atoms with E-state index in [1.807, 2.05) is 0 Å². The molecule has 0 N–H and O–H groups in total. The van der Waals surface area contributed by atoms with Gasteiger partial charge in [-0.25, -0.2) is 0 Å². The third-order valence-electron chi connectivity index (χ3n) is 10.8. The molecule has 0 radical (unpaired) electrons. The first-order valence-electron chi connectivity index (χ1n) is 17.0. The van der Waals surface area contributed by atoms with Crippen molar-refractivity contribution in [2.45, 2.75) is 24.9 Å². The van der Waals surface area contributed by atoms with Crippen LogP contribution in [0.25, 0.3) is 28.0 Å². The van der Waals surface area contributed by atoms with E-state index in [0.717, 1.165) is 74.9 Å². The molecule has 1 aliphatic carbocycles. The van der Waals surface area contributed by atoms with Crippen LogP contribution in [0.1, 0.15) is 41.7 Å². The predicted octanol–water partition coefficient (Wildman–Crippen LogP) is 8.17. The molecule has 0 atom stereocenters. The number of nitrogens with zero attached hydrogens (tertiary/aromatic N) is 2. The zero-order valence-electron chi connectivity index (χ0n) is 27.2. The average molecular weight is 621 g/mol. The zero-order valence-corrected chi connectivity index (χ0v) is 27.2. The van der Waals surface area contributed by atoms with Crippen LogP contribution in [0.15, 0.2) is 103 Å². The van der Waals surface area contributed by atoms with Crippen molar-refractivity contribution >= 4 is 28.2 Å². The minimum Gasteiger partial charge on any atom is -0.472 e. The first-order valence-corrected chi connectivity index (χ1v) is 17.0. The fourth-order valence-corrected chi connectivity index (χ4v) is 8.36. The van der Waals surface area contributed by atoms with Crippen molar-refractivity contribution in [2.24, 2.45) is 0 Å². The monoisotopic (exact) mass is 620 g/mol.